The van der Waals surface area contributed by atoms with E-state index in [-0.39, 0.29) is 17.9 Å². The fourth-order valence-electron chi connectivity index (χ4n) is 1.95. The van der Waals surface area contributed by atoms with Crippen molar-refractivity contribution in [3.8, 4) is 5.75 Å². The summed E-state index contributed by atoms with van der Waals surface area (Å²) in [6.45, 7) is 4.05. The van der Waals surface area contributed by atoms with E-state index in [1.165, 1.54) is 0 Å². The summed E-state index contributed by atoms with van der Waals surface area (Å²) < 4.78 is 5.24. The molecule has 0 amide bonds. The van der Waals surface area contributed by atoms with E-state index in [1.807, 2.05) is 50.3 Å². The van der Waals surface area contributed by atoms with Gasteiger partial charge in [0, 0.05) is 5.56 Å². The molecule has 0 spiro atoms. The van der Waals surface area contributed by atoms with Crippen LogP contribution in [-0.4, -0.2) is 11.1 Å². The highest BCUT2D eigenvalue weighted by molar-refractivity contribution is 5.93. The standard InChI is InChI=1S/C18H18O3/c1-13(2)11-15-9-6-10-16(17(15)19)18(20)21-12-14-7-4-3-5-8-14/h3-11,19H,12H2,1-2H3. The highest BCUT2D eigenvalue weighted by Gasteiger charge is 2.14. The zero-order valence-corrected chi connectivity index (χ0v) is 12.2. The number of allylic oxidation sites excluding steroid dienone is 1. The highest BCUT2D eigenvalue weighted by atomic mass is 16.5. The number of carbonyl (C=O) groups excluding carboxylic acids is 1. The molecule has 2 aromatic carbocycles. The third-order valence-electron chi connectivity index (χ3n) is 2.94. The zero-order valence-electron chi connectivity index (χ0n) is 12.2. The lowest BCUT2D eigenvalue weighted by molar-refractivity contribution is 0.0469. The molecule has 2 aromatic rings. The van der Waals surface area contributed by atoms with Crippen LogP contribution in [0.1, 0.15) is 35.3 Å². The maximum Gasteiger partial charge on any atom is 0.342 e. The van der Waals surface area contributed by atoms with Gasteiger partial charge in [-0.2, -0.15) is 0 Å². The van der Waals surface area contributed by atoms with Gasteiger partial charge in [0.1, 0.15) is 17.9 Å². The van der Waals surface area contributed by atoms with Crippen LogP contribution in [0.25, 0.3) is 6.08 Å². The number of esters is 1. The average Bonchev–Trinajstić information content (AvgIpc) is 2.47. The Bertz CT molecular complexity index is 653. The van der Waals surface area contributed by atoms with Gasteiger partial charge in [-0.05, 0) is 25.5 Å². The van der Waals surface area contributed by atoms with Gasteiger partial charge in [-0.1, -0.05) is 54.1 Å². The molecule has 3 heteroatoms. The molecule has 108 valence electrons. The van der Waals surface area contributed by atoms with E-state index in [4.69, 9.17) is 4.74 Å². The fraction of sp³-hybridized carbons (Fsp3) is 0.167. The first kappa shape index (κ1) is 14.9. The van der Waals surface area contributed by atoms with Gasteiger partial charge in [-0.3, -0.25) is 0 Å². The molecule has 0 unspecified atom stereocenters. The molecule has 0 fully saturated rings. The van der Waals surface area contributed by atoms with Crippen LogP contribution >= 0.6 is 0 Å². The van der Waals surface area contributed by atoms with Crippen LogP contribution in [0.4, 0.5) is 0 Å². The summed E-state index contributed by atoms with van der Waals surface area (Å²) in [5, 5.41) is 10.2. The number of hydrogen-bond donors (Lipinski definition) is 1. The molecule has 0 atom stereocenters. The van der Waals surface area contributed by atoms with Crippen molar-refractivity contribution in [2.75, 3.05) is 0 Å². The number of rotatable bonds is 4. The molecular weight excluding hydrogens is 264 g/mol. The van der Waals surface area contributed by atoms with Gasteiger partial charge in [0.2, 0.25) is 0 Å². The minimum absolute atomic E-state index is 0.0447. The molecule has 0 bridgehead atoms. The monoisotopic (exact) mass is 282 g/mol. The Hall–Kier alpha value is -2.55. The van der Waals surface area contributed by atoms with Crippen LogP contribution in [0.3, 0.4) is 0 Å². The van der Waals surface area contributed by atoms with Crippen LogP contribution < -0.4 is 0 Å². The molecule has 0 heterocycles. The largest absolute Gasteiger partial charge is 0.506 e. The van der Waals surface area contributed by atoms with E-state index >= 15 is 0 Å². The Morgan fingerprint density at radius 3 is 2.48 bits per heavy atom. The second kappa shape index (κ2) is 6.75. The molecule has 3 nitrogen and oxygen atoms in total. The number of benzene rings is 2. The van der Waals surface area contributed by atoms with Crippen molar-refractivity contribution in [2.24, 2.45) is 0 Å². The van der Waals surface area contributed by atoms with Crippen molar-refractivity contribution in [2.45, 2.75) is 20.5 Å². The number of aromatic hydroxyl groups is 1. The summed E-state index contributed by atoms with van der Waals surface area (Å²) in [5.41, 5.74) is 2.75. The number of ether oxygens (including phenoxy) is 1. The second-order valence-electron chi connectivity index (χ2n) is 5.03. The van der Waals surface area contributed by atoms with Crippen molar-refractivity contribution in [3.63, 3.8) is 0 Å². The number of para-hydroxylation sites is 1. The number of phenols is 1. The maximum atomic E-state index is 12.1. The molecule has 0 aliphatic heterocycles. The van der Waals surface area contributed by atoms with Crippen molar-refractivity contribution in [1.82, 2.24) is 0 Å². The van der Waals surface area contributed by atoms with Gasteiger partial charge in [0.25, 0.3) is 0 Å². The lowest BCUT2D eigenvalue weighted by atomic mass is 10.1. The Balaban J connectivity index is 2.14. The van der Waals surface area contributed by atoms with Gasteiger partial charge >= 0.3 is 5.97 Å². The fourth-order valence-corrected chi connectivity index (χ4v) is 1.95. The quantitative estimate of drug-likeness (QED) is 0.856. The third kappa shape index (κ3) is 3.96. The summed E-state index contributed by atoms with van der Waals surface area (Å²) in [6.07, 6.45) is 1.82. The molecule has 0 saturated carbocycles. The maximum absolute atomic E-state index is 12.1. The number of hydrogen-bond acceptors (Lipinski definition) is 3. The van der Waals surface area contributed by atoms with E-state index in [9.17, 15) is 9.90 Å². The smallest absolute Gasteiger partial charge is 0.342 e. The lowest BCUT2D eigenvalue weighted by Crippen LogP contribution is -2.06. The number of carbonyl (C=O) groups is 1. The Labute approximate surface area is 124 Å². The average molecular weight is 282 g/mol. The predicted molar refractivity (Wildman–Crippen MR) is 83.0 cm³/mol. The van der Waals surface area contributed by atoms with Gasteiger partial charge in [-0.25, -0.2) is 4.79 Å². The summed E-state index contributed by atoms with van der Waals surface area (Å²) >= 11 is 0. The molecular formula is C18H18O3. The molecule has 0 aromatic heterocycles. The lowest BCUT2D eigenvalue weighted by Gasteiger charge is -2.08. The van der Waals surface area contributed by atoms with E-state index in [1.54, 1.807) is 18.2 Å². The molecule has 1 N–H and O–H groups in total. The third-order valence-corrected chi connectivity index (χ3v) is 2.94. The van der Waals surface area contributed by atoms with Gasteiger partial charge in [0.15, 0.2) is 0 Å². The van der Waals surface area contributed by atoms with E-state index in [0.29, 0.717) is 5.56 Å². The van der Waals surface area contributed by atoms with Crippen molar-refractivity contribution < 1.29 is 14.6 Å². The minimum Gasteiger partial charge on any atom is -0.506 e. The van der Waals surface area contributed by atoms with Crippen molar-refractivity contribution >= 4 is 12.0 Å². The Morgan fingerprint density at radius 2 is 1.81 bits per heavy atom. The molecule has 2 rings (SSSR count). The van der Waals surface area contributed by atoms with E-state index in [0.717, 1.165) is 11.1 Å². The highest BCUT2D eigenvalue weighted by Crippen LogP contribution is 2.25. The predicted octanol–water partition coefficient (Wildman–Crippen LogP) is 4.17. The summed E-state index contributed by atoms with van der Waals surface area (Å²) in [4.78, 5) is 12.1. The SMILES string of the molecule is CC(C)=Cc1cccc(C(=O)OCc2ccccc2)c1O. The van der Waals surface area contributed by atoms with Crippen LogP contribution in [0.5, 0.6) is 5.75 Å². The van der Waals surface area contributed by atoms with E-state index < -0.39 is 5.97 Å². The van der Waals surface area contributed by atoms with Crippen LogP contribution in [0.2, 0.25) is 0 Å². The van der Waals surface area contributed by atoms with E-state index in [2.05, 4.69) is 0 Å². The summed E-state index contributed by atoms with van der Waals surface area (Å²) in [7, 11) is 0. The van der Waals surface area contributed by atoms with Crippen molar-refractivity contribution in [3.05, 3.63) is 70.8 Å². The Morgan fingerprint density at radius 1 is 1.10 bits per heavy atom. The topological polar surface area (TPSA) is 46.5 Å². The molecule has 0 radical (unpaired) electrons. The van der Waals surface area contributed by atoms with Crippen molar-refractivity contribution in [1.29, 1.82) is 0 Å². The van der Waals surface area contributed by atoms with Gasteiger partial charge in [-0.15, -0.1) is 0 Å². The molecule has 0 aliphatic rings. The molecule has 0 saturated heterocycles. The van der Waals surface area contributed by atoms with Crippen LogP contribution in [0.15, 0.2) is 54.1 Å². The first-order chi connectivity index (χ1) is 10.1. The summed E-state index contributed by atoms with van der Waals surface area (Å²) in [6, 6.07) is 14.5. The molecule has 0 aliphatic carbocycles. The first-order valence-corrected chi connectivity index (χ1v) is 6.76. The van der Waals surface area contributed by atoms with Crippen LogP contribution in [-0.2, 0) is 11.3 Å². The first-order valence-electron chi connectivity index (χ1n) is 6.76. The Kier molecular flexibility index (Phi) is 4.77. The van der Waals surface area contributed by atoms with Gasteiger partial charge in [0.05, 0.1) is 0 Å². The zero-order chi connectivity index (χ0) is 15.2. The normalized spacial score (nSPS) is 10.0. The minimum atomic E-state index is -0.527. The van der Waals surface area contributed by atoms with Gasteiger partial charge < -0.3 is 9.84 Å². The number of phenolic OH excluding ortho intramolecular Hbond substituents is 1. The summed E-state index contributed by atoms with van der Waals surface area (Å²) in [5.74, 6) is -0.572. The molecule has 21 heavy (non-hydrogen) atoms. The van der Waals surface area contributed by atoms with Crippen LogP contribution in [0, 0.1) is 0 Å². The second-order valence-corrected chi connectivity index (χ2v) is 5.03.